The zero-order valence-corrected chi connectivity index (χ0v) is 67.2. The Bertz CT molecular complexity index is 8480. The van der Waals surface area contributed by atoms with Gasteiger partial charge in [-0.05, 0) is 291 Å². The van der Waals surface area contributed by atoms with E-state index in [1.807, 2.05) is 0 Å². The quantitative estimate of drug-likeness (QED) is 0.143. The van der Waals surface area contributed by atoms with E-state index in [2.05, 4.69) is 460 Å². The molecule has 3 aliphatic carbocycles. The Kier molecular flexibility index (Phi) is 16.1. The molecule has 0 aliphatic heterocycles. The number of nitrogens with zero attached hydrogens (tertiary/aromatic N) is 1. The highest BCUT2D eigenvalue weighted by Crippen LogP contribution is 2.58. The van der Waals surface area contributed by atoms with Gasteiger partial charge in [0.05, 0.1) is 11.0 Å². The van der Waals surface area contributed by atoms with Crippen LogP contribution in [0.25, 0.3) is 258 Å². The van der Waals surface area contributed by atoms with Gasteiger partial charge < -0.3 is 4.57 Å². The standard InChI is InChI=1S/C46H28.C44H27N.C32H20/c1-2-9-32-25-35(18-15-29(32)7-1)33-10-5-11-34(26-33)36-19-16-30-17-20-37(28-38(30)27-36)39-23-24-44-45-40-12-4-3-8-31(40)21-22-43(45)42-14-6-13-41(39)46(42)44;1-2-11-28(12-3-1)30-25-31(27-32(26-30)45-41-19-8-6-15-35(41)36-16-7-9-20-42(36)45)33-23-24-40-43-34-14-5-4-13-29(34)21-22-39(43)38-18-10-17-37(33)44(38)40;1-3-10-21(11-4-1)24-18-19-28-30-26(24)16-9-17-27(30)31-25-15-8-7-14-23(25)20-29(32(28)31)22-12-5-2-6-13-22/h1-28H;1-27H;1-20H. The van der Waals surface area contributed by atoms with Crippen molar-refractivity contribution in [3.05, 3.63) is 455 Å². The van der Waals surface area contributed by atoms with Gasteiger partial charge in [0.15, 0.2) is 0 Å². The zero-order valence-electron chi connectivity index (χ0n) is 67.2. The maximum Gasteiger partial charge on any atom is 0.0541 e. The molecule has 0 N–H and O–H groups in total. The zero-order chi connectivity index (χ0) is 80.7. The third-order valence-corrected chi connectivity index (χ3v) is 26.5. The van der Waals surface area contributed by atoms with E-state index in [4.69, 9.17) is 0 Å². The van der Waals surface area contributed by atoms with Crippen molar-refractivity contribution in [3.63, 3.8) is 0 Å². The first-order chi connectivity index (χ1) is 61.0. The summed E-state index contributed by atoms with van der Waals surface area (Å²) in [5, 5.41) is 23.5. The topological polar surface area (TPSA) is 4.93 Å². The Morgan fingerprint density at radius 3 is 1.02 bits per heavy atom. The van der Waals surface area contributed by atoms with Gasteiger partial charge in [-0.2, -0.15) is 0 Å². The molecule has 123 heavy (non-hydrogen) atoms. The predicted octanol–water partition coefficient (Wildman–Crippen LogP) is 34.0. The van der Waals surface area contributed by atoms with E-state index >= 15 is 0 Å². The van der Waals surface area contributed by atoms with Gasteiger partial charge in [-0.1, -0.05) is 394 Å². The van der Waals surface area contributed by atoms with Gasteiger partial charge in [0.25, 0.3) is 0 Å². The number of benzene rings is 23. The number of hydrogen-bond acceptors (Lipinski definition) is 0. The van der Waals surface area contributed by atoms with Crippen LogP contribution in [-0.2, 0) is 0 Å². The molecule has 0 spiro atoms. The number of fused-ring (bicyclic) bond motifs is 20. The molecule has 24 aromatic rings. The summed E-state index contributed by atoms with van der Waals surface area (Å²) in [6.45, 7) is 0. The number of hydrogen-bond donors (Lipinski definition) is 0. The molecule has 568 valence electrons. The lowest BCUT2D eigenvalue weighted by atomic mass is 9.89. The summed E-state index contributed by atoms with van der Waals surface area (Å²) >= 11 is 0. The van der Waals surface area contributed by atoms with Crippen LogP contribution in [0, 0.1) is 0 Å². The smallest absolute Gasteiger partial charge is 0.0541 e. The van der Waals surface area contributed by atoms with E-state index in [1.54, 1.807) is 0 Å². The molecule has 0 fully saturated rings. The van der Waals surface area contributed by atoms with Gasteiger partial charge in [-0.25, -0.2) is 0 Å². The largest absolute Gasteiger partial charge is 0.309 e. The highest BCUT2D eigenvalue weighted by atomic mass is 15.0. The average molecular weight is 1550 g/mol. The average Bonchev–Trinajstić information content (AvgIpc) is 1.44. The van der Waals surface area contributed by atoms with Crippen LogP contribution in [0.3, 0.4) is 0 Å². The van der Waals surface area contributed by atoms with Gasteiger partial charge in [-0.3, -0.25) is 0 Å². The van der Waals surface area contributed by atoms with Crippen molar-refractivity contribution in [1.29, 1.82) is 0 Å². The molecule has 0 atom stereocenters. The van der Waals surface area contributed by atoms with E-state index in [0.29, 0.717) is 0 Å². The molecular formula is C122H75N. The minimum Gasteiger partial charge on any atom is -0.309 e. The van der Waals surface area contributed by atoms with Gasteiger partial charge in [0.2, 0.25) is 0 Å². The maximum absolute atomic E-state index is 2.43. The molecule has 0 unspecified atom stereocenters. The van der Waals surface area contributed by atoms with Crippen LogP contribution in [0.15, 0.2) is 455 Å². The van der Waals surface area contributed by atoms with Crippen molar-refractivity contribution in [2.45, 2.75) is 0 Å². The molecule has 23 aromatic carbocycles. The van der Waals surface area contributed by atoms with Gasteiger partial charge in [0.1, 0.15) is 0 Å². The summed E-state index contributed by atoms with van der Waals surface area (Å²) in [4.78, 5) is 0. The minimum absolute atomic E-state index is 1.17. The normalized spacial score (nSPS) is 11.9. The molecule has 1 heterocycles. The van der Waals surface area contributed by atoms with Gasteiger partial charge in [-0.15, -0.1) is 0 Å². The summed E-state index contributed by atoms with van der Waals surface area (Å²) < 4.78 is 2.43. The Hall–Kier alpha value is -16.1. The fourth-order valence-corrected chi connectivity index (χ4v) is 20.9. The van der Waals surface area contributed by atoms with Gasteiger partial charge in [0, 0.05) is 16.5 Å². The van der Waals surface area contributed by atoms with E-state index in [0.717, 1.165) is 0 Å². The first-order valence-electron chi connectivity index (χ1n) is 42.7. The monoisotopic (exact) mass is 1550 g/mol. The molecule has 0 saturated heterocycles. The van der Waals surface area contributed by atoms with Crippen molar-refractivity contribution in [2.24, 2.45) is 0 Å². The SMILES string of the molecule is c1cc(-c2ccc3ccccc3c2)cc(-c2ccc3ccc(-c4ccc5c6c(cccc46)-c4ccc6ccccc6c4-5)cc3c2)c1.c1ccc(-c2cc(-c3ccc4c5c(cccc35)-c3ccc5ccccc5c3-4)cc(-n3c4ccccc4c4ccccc43)c2)cc1.c1ccc(-c2cc3ccccc3c3c2-c2ccc(-c4ccccc4)c4cccc-3c24)cc1. The third-order valence-electron chi connectivity index (χ3n) is 26.5. The lowest BCUT2D eigenvalue weighted by molar-refractivity contribution is 1.18. The third kappa shape index (κ3) is 11.3. The molecular weight excluding hydrogens is 1480 g/mol. The first-order valence-corrected chi connectivity index (χ1v) is 42.7. The van der Waals surface area contributed by atoms with Crippen LogP contribution in [0.2, 0.25) is 0 Å². The van der Waals surface area contributed by atoms with Gasteiger partial charge >= 0.3 is 0 Å². The summed E-state index contributed by atoms with van der Waals surface area (Å²) in [5.74, 6) is 0. The fourth-order valence-electron chi connectivity index (χ4n) is 20.9. The van der Waals surface area contributed by atoms with Crippen molar-refractivity contribution >= 4 is 108 Å². The Morgan fingerprint density at radius 2 is 0.455 bits per heavy atom. The van der Waals surface area contributed by atoms with Crippen molar-refractivity contribution in [2.75, 3.05) is 0 Å². The molecule has 0 amide bonds. The molecule has 0 bridgehead atoms. The lowest BCUT2D eigenvalue weighted by Gasteiger charge is -2.16. The van der Waals surface area contributed by atoms with E-state index in [9.17, 15) is 0 Å². The second-order valence-corrected chi connectivity index (χ2v) is 33.1. The Morgan fingerprint density at radius 1 is 0.122 bits per heavy atom. The highest BCUT2D eigenvalue weighted by molar-refractivity contribution is 6.28. The number of para-hydroxylation sites is 2. The molecule has 3 aliphatic rings. The van der Waals surface area contributed by atoms with Crippen molar-refractivity contribution in [3.8, 4) is 150 Å². The maximum atomic E-state index is 2.43. The lowest BCUT2D eigenvalue weighted by Crippen LogP contribution is -1.96. The Balaban J connectivity index is 0.000000103. The van der Waals surface area contributed by atoms with E-state index in [1.165, 1.54) is 258 Å². The van der Waals surface area contributed by atoms with Crippen LogP contribution in [-0.4, -0.2) is 4.57 Å². The second kappa shape index (κ2) is 28.3. The molecule has 1 aromatic heterocycles. The van der Waals surface area contributed by atoms with Crippen LogP contribution < -0.4 is 0 Å². The first kappa shape index (κ1) is 70.0. The summed E-state index contributed by atoms with van der Waals surface area (Å²) in [6, 6.07) is 167. The van der Waals surface area contributed by atoms with E-state index < -0.39 is 0 Å². The second-order valence-electron chi connectivity index (χ2n) is 33.1. The van der Waals surface area contributed by atoms with Crippen molar-refractivity contribution in [1.82, 2.24) is 4.57 Å². The predicted molar refractivity (Wildman–Crippen MR) is 525 cm³/mol. The summed E-state index contributed by atoms with van der Waals surface area (Å²) in [7, 11) is 0. The van der Waals surface area contributed by atoms with E-state index in [-0.39, 0.29) is 0 Å². The molecule has 1 heteroatoms. The van der Waals surface area contributed by atoms with Crippen LogP contribution in [0.1, 0.15) is 0 Å². The Labute approximate surface area is 712 Å². The van der Waals surface area contributed by atoms with Crippen LogP contribution >= 0.6 is 0 Å². The van der Waals surface area contributed by atoms with Crippen molar-refractivity contribution < 1.29 is 0 Å². The minimum atomic E-state index is 1.17. The number of aromatic nitrogens is 1. The number of rotatable bonds is 8. The highest BCUT2D eigenvalue weighted by Gasteiger charge is 2.31. The van der Waals surface area contributed by atoms with Crippen LogP contribution in [0.4, 0.5) is 0 Å². The summed E-state index contributed by atoms with van der Waals surface area (Å²) in [6.07, 6.45) is 0. The molecule has 1 nitrogen and oxygen atoms in total. The fraction of sp³-hybridized carbons (Fsp3) is 0. The molecule has 27 rings (SSSR count). The molecule has 0 saturated carbocycles. The van der Waals surface area contributed by atoms with Crippen LogP contribution in [0.5, 0.6) is 0 Å². The summed E-state index contributed by atoms with van der Waals surface area (Å²) in [5.41, 5.74) is 37.3. The molecule has 0 radical (unpaired) electrons.